The van der Waals surface area contributed by atoms with Crippen LogP contribution in [0.25, 0.3) is 0 Å². The zero-order chi connectivity index (χ0) is 16.9. The maximum Gasteiger partial charge on any atom is 0.225 e. The van der Waals surface area contributed by atoms with Crippen LogP contribution >= 0.6 is 0 Å². The van der Waals surface area contributed by atoms with Gasteiger partial charge in [0, 0.05) is 38.6 Å². The summed E-state index contributed by atoms with van der Waals surface area (Å²) in [6.07, 6.45) is 2.77. The molecule has 0 radical (unpaired) electrons. The quantitative estimate of drug-likeness (QED) is 0.787. The number of piperidine rings is 1. The molecular formula is C19H27N3O2. The van der Waals surface area contributed by atoms with Gasteiger partial charge in [0.15, 0.2) is 0 Å². The average molecular weight is 329 g/mol. The summed E-state index contributed by atoms with van der Waals surface area (Å²) in [7, 11) is 0. The lowest BCUT2D eigenvalue weighted by Crippen LogP contribution is -2.51. The standard InChI is InChI=1S/C19H27N3O2/c1-16-4-2-3-5-18(16)14-20-8-6-17(7-9-20)19(24)22-12-10-21(15-23)11-13-22/h2-5,15,17H,6-14H2,1H3. The first kappa shape index (κ1) is 17.0. The lowest BCUT2D eigenvalue weighted by molar-refractivity contribution is -0.140. The molecule has 2 aliphatic rings. The molecule has 0 aliphatic carbocycles. The number of nitrogens with zero attached hydrogens (tertiary/aromatic N) is 3. The monoisotopic (exact) mass is 329 g/mol. The first-order chi connectivity index (χ1) is 11.7. The molecule has 2 amide bonds. The predicted molar refractivity (Wildman–Crippen MR) is 93.4 cm³/mol. The van der Waals surface area contributed by atoms with Crippen LogP contribution in [0, 0.1) is 12.8 Å². The molecule has 24 heavy (non-hydrogen) atoms. The first-order valence-corrected chi connectivity index (χ1v) is 8.92. The number of piperazine rings is 1. The topological polar surface area (TPSA) is 43.9 Å². The smallest absolute Gasteiger partial charge is 0.225 e. The molecule has 0 N–H and O–H groups in total. The van der Waals surface area contributed by atoms with E-state index in [1.807, 2.05) is 4.90 Å². The van der Waals surface area contributed by atoms with Gasteiger partial charge >= 0.3 is 0 Å². The van der Waals surface area contributed by atoms with Gasteiger partial charge in [-0.15, -0.1) is 0 Å². The summed E-state index contributed by atoms with van der Waals surface area (Å²) in [4.78, 5) is 29.6. The Hall–Kier alpha value is -1.88. The zero-order valence-electron chi connectivity index (χ0n) is 14.5. The van der Waals surface area contributed by atoms with E-state index in [-0.39, 0.29) is 11.8 Å². The Morgan fingerprint density at radius 3 is 2.38 bits per heavy atom. The van der Waals surface area contributed by atoms with E-state index in [1.54, 1.807) is 4.90 Å². The Kier molecular flexibility index (Phi) is 5.51. The second-order valence-electron chi connectivity index (χ2n) is 6.94. The van der Waals surface area contributed by atoms with Gasteiger partial charge in [0.1, 0.15) is 0 Å². The van der Waals surface area contributed by atoms with Crippen molar-refractivity contribution in [3.8, 4) is 0 Å². The Balaban J connectivity index is 1.47. The second kappa shape index (κ2) is 7.79. The molecule has 2 aliphatic heterocycles. The van der Waals surface area contributed by atoms with E-state index < -0.39 is 0 Å². The van der Waals surface area contributed by atoms with E-state index in [2.05, 4.69) is 36.1 Å². The summed E-state index contributed by atoms with van der Waals surface area (Å²) in [5.41, 5.74) is 2.72. The van der Waals surface area contributed by atoms with E-state index in [0.29, 0.717) is 26.2 Å². The van der Waals surface area contributed by atoms with Crippen molar-refractivity contribution in [2.45, 2.75) is 26.3 Å². The number of benzene rings is 1. The molecule has 2 heterocycles. The largest absolute Gasteiger partial charge is 0.342 e. The van der Waals surface area contributed by atoms with Gasteiger partial charge < -0.3 is 9.80 Å². The van der Waals surface area contributed by atoms with Crippen molar-refractivity contribution in [3.63, 3.8) is 0 Å². The van der Waals surface area contributed by atoms with E-state index in [0.717, 1.165) is 38.9 Å². The van der Waals surface area contributed by atoms with Crippen LogP contribution in [0.2, 0.25) is 0 Å². The Labute approximate surface area is 144 Å². The van der Waals surface area contributed by atoms with Crippen molar-refractivity contribution in [2.75, 3.05) is 39.3 Å². The van der Waals surface area contributed by atoms with Crippen LogP contribution in [-0.4, -0.2) is 66.3 Å². The highest BCUT2D eigenvalue weighted by Gasteiger charge is 2.30. The van der Waals surface area contributed by atoms with Crippen molar-refractivity contribution in [1.29, 1.82) is 0 Å². The Morgan fingerprint density at radius 2 is 1.75 bits per heavy atom. The number of carbonyl (C=O) groups excluding carboxylic acids is 2. The van der Waals surface area contributed by atoms with Crippen LogP contribution in [0.3, 0.4) is 0 Å². The number of hydrogen-bond acceptors (Lipinski definition) is 3. The molecular weight excluding hydrogens is 302 g/mol. The minimum Gasteiger partial charge on any atom is -0.342 e. The minimum atomic E-state index is 0.154. The Morgan fingerprint density at radius 1 is 1.08 bits per heavy atom. The van der Waals surface area contributed by atoms with E-state index >= 15 is 0 Å². The third-order valence-corrected chi connectivity index (χ3v) is 5.37. The fourth-order valence-electron chi connectivity index (χ4n) is 3.67. The maximum absolute atomic E-state index is 12.7. The molecule has 0 bridgehead atoms. The number of carbonyl (C=O) groups is 2. The van der Waals surface area contributed by atoms with Gasteiger partial charge in [-0.25, -0.2) is 0 Å². The van der Waals surface area contributed by atoms with Crippen LogP contribution in [0.1, 0.15) is 24.0 Å². The van der Waals surface area contributed by atoms with Gasteiger partial charge in [-0.1, -0.05) is 24.3 Å². The van der Waals surface area contributed by atoms with E-state index in [9.17, 15) is 9.59 Å². The summed E-state index contributed by atoms with van der Waals surface area (Å²) in [6, 6.07) is 8.52. The molecule has 1 aromatic carbocycles. The number of likely N-dealkylation sites (tertiary alicyclic amines) is 1. The number of amides is 2. The van der Waals surface area contributed by atoms with Crippen molar-refractivity contribution < 1.29 is 9.59 Å². The highest BCUT2D eigenvalue weighted by Crippen LogP contribution is 2.22. The molecule has 0 aromatic heterocycles. The molecule has 2 fully saturated rings. The first-order valence-electron chi connectivity index (χ1n) is 8.92. The second-order valence-corrected chi connectivity index (χ2v) is 6.94. The summed E-state index contributed by atoms with van der Waals surface area (Å²) in [5, 5.41) is 0. The summed E-state index contributed by atoms with van der Waals surface area (Å²) in [5.74, 6) is 0.442. The van der Waals surface area contributed by atoms with Crippen LogP contribution in [0.4, 0.5) is 0 Å². The van der Waals surface area contributed by atoms with Crippen LogP contribution in [0.5, 0.6) is 0 Å². The average Bonchev–Trinajstić information content (AvgIpc) is 2.64. The maximum atomic E-state index is 12.7. The molecule has 3 rings (SSSR count). The molecule has 1 aromatic rings. The minimum absolute atomic E-state index is 0.154. The molecule has 0 saturated carbocycles. The van der Waals surface area contributed by atoms with Crippen LogP contribution in [-0.2, 0) is 16.1 Å². The molecule has 5 heteroatoms. The lowest BCUT2D eigenvalue weighted by atomic mass is 9.94. The van der Waals surface area contributed by atoms with Gasteiger partial charge in [-0.05, 0) is 44.0 Å². The summed E-state index contributed by atoms with van der Waals surface area (Å²) < 4.78 is 0. The van der Waals surface area contributed by atoms with Gasteiger partial charge in [-0.3, -0.25) is 14.5 Å². The number of rotatable bonds is 4. The molecule has 5 nitrogen and oxygen atoms in total. The van der Waals surface area contributed by atoms with Crippen molar-refractivity contribution >= 4 is 12.3 Å². The lowest BCUT2D eigenvalue weighted by Gasteiger charge is -2.37. The highest BCUT2D eigenvalue weighted by atomic mass is 16.2. The van der Waals surface area contributed by atoms with Crippen LogP contribution < -0.4 is 0 Å². The summed E-state index contributed by atoms with van der Waals surface area (Å²) in [6.45, 7) is 7.80. The predicted octanol–water partition coefficient (Wildman–Crippen LogP) is 1.51. The SMILES string of the molecule is Cc1ccccc1CN1CCC(C(=O)N2CCN(C=O)CC2)CC1. The molecule has 0 unspecified atom stereocenters. The van der Waals surface area contributed by atoms with E-state index in [4.69, 9.17) is 0 Å². The molecule has 0 atom stereocenters. The van der Waals surface area contributed by atoms with Crippen LogP contribution in [0.15, 0.2) is 24.3 Å². The third kappa shape index (κ3) is 3.96. The molecule has 0 spiro atoms. The molecule has 130 valence electrons. The molecule has 2 saturated heterocycles. The van der Waals surface area contributed by atoms with Gasteiger partial charge in [0.25, 0.3) is 0 Å². The van der Waals surface area contributed by atoms with Crippen molar-refractivity contribution in [1.82, 2.24) is 14.7 Å². The summed E-state index contributed by atoms with van der Waals surface area (Å²) >= 11 is 0. The number of hydrogen-bond donors (Lipinski definition) is 0. The normalized spacial score (nSPS) is 20.2. The van der Waals surface area contributed by atoms with Gasteiger partial charge in [0.2, 0.25) is 12.3 Å². The third-order valence-electron chi connectivity index (χ3n) is 5.37. The number of aryl methyl sites for hydroxylation is 1. The van der Waals surface area contributed by atoms with Gasteiger partial charge in [-0.2, -0.15) is 0 Å². The fourth-order valence-corrected chi connectivity index (χ4v) is 3.67. The zero-order valence-corrected chi connectivity index (χ0v) is 14.5. The fraction of sp³-hybridized carbons (Fsp3) is 0.579. The van der Waals surface area contributed by atoms with Crippen molar-refractivity contribution in [3.05, 3.63) is 35.4 Å². The highest BCUT2D eigenvalue weighted by molar-refractivity contribution is 5.79. The van der Waals surface area contributed by atoms with E-state index in [1.165, 1.54) is 11.1 Å². The van der Waals surface area contributed by atoms with Gasteiger partial charge in [0.05, 0.1) is 0 Å². The van der Waals surface area contributed by atoms with Crippen molar-refractivity contribution in [2.24, 2.45) is 5.92 Å². The Bertz CT molecular complexity index is 574.